The van der Waals surface area contributed by atoms with E-state index in [1.54, 1.807) is 6.92 Å². The highest BCUT2D eigenvalue weighted by Gasteiger charge is 2.28. The number of hydrogen-bond donors (Lipinski definition) is 1. The van der Waals surface area contributed by atoms with Gasteiger partial charge in [0.2, 0.25) is 11.2 Å². The topological polar surface area (TPSA) is 73.2 Å². The molecule has 1 aliphatic rings. The van der Waals surface area contributed by atoms with Crippen LogP contribution in [-0.2, 0) is 0 Å². The molecule has 0 bridgehead atoms. The lowest BCUT2D eigenvalue weighted by Gasteiger charge is -2.27. The average molecular weight is 426 g/mol. The number of anilines is 1. The number of carbonyl (C=O) groups is 1. The normalized spacial score (nSPS) is 15.4. The maximum Gasteiger partial charge on any atom is 0.261 e. The fourth-order valence-electron chi connectivity index (χ4n) is 3.07. The third-order valence-electron chi connectivity index (χ3n) is 4.45. The summed E-state index contributed by atoms with van der Waals surface area (Å²) in [5, 5.41) is 2.47. The zero-order chi connectivity index (χ0) is 20.2. The van der Waals surface area contributed by atoms with Crippen molar-refractivity contribution >= 4 is 45.7 Å². The van der Waals surface area contributed by atoms with E-state index in [4.69, 9.17) is 27.9 Å². The second-order valence-electron chi connectivity index (χ2n) is 6.27. The van der Waals surface area contributed by atoms with Gasteiger partial charge in [0.25, 0.3) is 5.91 Å². The van der Waals surface area contributed by atoms with E-state index in [1.165, 1.54) is 23.2 Å². The molecule has 0 saturated carbocycles. The third kappa shape index (κ3) is 2.80. The molecule has 1 aromatic carbocycles. The lowest BCUT2D eigenvalue weighted by molar-refractivity contribution is 0.102. The summed E-state index contributed by atoms with van der Waals surface area (Å²) < 4.78 is 34.9. The summed E-state index contributed by atoms with van der Waals surface area (Å²) in [6.07, 6.45) is 3.85. The first-order valence-electron chi connectivity index (χ1n) is 8.09. The van der Waals surface area contributed by atoms with E-state index >= 15 is 0 Å². The molecule has 3 heterocycles. The van der Waals surface area contributed by atoms with Gasteiger partial charge >= 0.3 is 0 Å². The number of carbonyl (C=O) groups excluding carboxylic acids is 1. The molecule has 0 fully saturated rings. The third-order valence-corrected chi connectivity index (χ3v) is 5.02. The molecule has 0 spiro atoms. The summed E-state index contributed by atoms with van der Waals surface area (Å²) in [7, 11) is 0. The zero-order valence-corrected chi connectivity index (χ0v) is 15.7. The Morgan fingerprint density at radius 2 is 2.00 bits per heavy atom. The van der Waals surface area contributed by atoms with Gasteiger partial charge in [-0.3, -0.25) is 14.6 Å². The van der Waals surface area contributed by atoms with Crippen LogP contribution in [0, 0.1) is 11.6 Å². The number of nitrogens with zero attached hydrogens (tertiary/aromatic N) is 2. The van der Waals surface area contributed by atoms with Gasteiger partial charge in [0, 0.05) is 18.6 Å². The van der Waals surface area contributed by atoms with Gasteiger partial charge in [0.05, 0.1) is 32.7 Å². The van der Waals surface area contributed by atoms with E-state index < -0.39 is 23.0 Å². The number of aromatic nitrogens is 2. The molecule has 4 rings (SSSR count). The molecule has 2 aromatic heterocycles. The average Bonchev–Trinajstić information content (AvgIpc) is 2.65. The fraction of sp³-hybridized carbons (Fsp3) is 0.167. The van der Waals surface area contributed by atoms with Crippen LogP contribution in [0.25, 0.3) is 10.9 Å². The van der Waals surface area contributed by atoms with Crippen LogP contribution < -0.4 is 15.5 Å². The van der Waals surface area contributed by atoms with E-state index in [1.807, 2.05) is 0 Å². The summed E-state index contributed by atoms with van der Waals surface area (Å²) in [6, 6.07) is 0.442. The van der Waals surface area contributed by atoms with Crippen molar-refractivity contribution in [1.82, 2.24) is 9.55 Å². The van der Waals surface area contributed by atoms with Crippen molar-refractivity contribution in [3.05, 3.63) is 62.1 Å². The van der Waals surface area contributed by atoms with E-state index in [0.29, 0.717) is 0 Å². The van der Waals surface area contributed by atoms with E-state index in [9.17, 15) is 18.4 Å². The first-order chi connectivity index (χ1) is 13.3. The maximum atomic E-state index is 14.1. The highest BCUT2D eigenvalue weighted by Crippen LogP contribution is 2.35. The summed E-state index contributed by atoms with van der Waals surface area (Å²) >= 11 is 12.0. The van der Waals surface area contributed by atoms with Gasteiger partial charge in [-0.05, 0) is 13.0 Å². The molecule has 1 amide bonds. The van der Waals surface area contributed by atoms with E-state index in [0.717, 1.165) is 6.07 Å². The largest absolute Gasteiger partial charge is 0.486 e. The van der Waals surface area contributed by atoms with Crippen molar-refractivity contribution < 1.29 is 18.3 Å². The molecule has 3 aromatic rings. The summed E-state index contributed by atoms with van der Waals surface area (Å²) in [5.41, 5.74) is -0.868. The molecular formula is C18H11Cl2F2N3O3. The molecular weight excluding hydrogens is 415 g/mol. The first kappa shape index (κ1) is 18.6. The molecule has 1 atom stereocenters. The Balaban J connectivity index is 1.92. The van der Waals surface area contributed by atoms with Gasteiger partial charge < -0.3 is 14.6 Å². The van der Waals surface area contributed by atoms with E-state index in [2.05, 4.69) is 10.3 Å². The van der Waals surface area contributed by atoms with Gasteiger partial charge in [-0.2, -0.15) is 4.39 Å². The second kappa shape index (κ2) is 6.72. The molecule has 1 N–H and O–H groups in total. The van der Waals surface area contributed by atoms with Gasteiger partial charge in [-0.1, -0.05) is 23.2 Å². The Bertz CT molecular complexity index is 1190. The van der Waals surface area contributed by atoms with E-state index in [-0.39, 0.29) is 50.6 Å². The monoisotopic (exact) mass is 425 g/mol. The summed E-state index contributed by atoms with van der Waals surface area (Å²) in [6.45, 7) is 1.81. The summed E-state index contributed by atoms with van der Waals surface area (Å²) in [4.78, 5) is 29.4. The Labute approximate surface area is 166 Å². The van der Waals surface area contributed by atoms with Crippen molar-refractivity contribution in [1.29, 1.82) is 0 Å². The minimum Gasteiger partial charge on any atom is -0.486 e. The number of benzene rings is 1. The lowest BCUT2D eigenvalue weighted by atomic mass is 10.1. The number of hydrogen-bond acceptors (Lipinski definition) is 4. The minimum absolute atomic E-state index is 0.0500. The SMILES string of the molecule is C[C@H]1COc2c(F)c(F)cc3c(=O)c(C(=O)Nc4c(Cl)cncc4Cl)cn1c23. The number of ether oxygens (including phenoxy) is 1. The molecule has 28 heavy (non-hydrogen) atoms. The van der Waals surface area contributed by atoms with Crippen LogP contribution in [0.3, 0.4) is 0 Å². The van der Waals surface area contributed by atoms with Crippen LogP contribution in [0.1, 0.15) is 23.3 Å². The molecule has 0 aliphatic carbocycles. The van der Waals surface area contributed by atoms with Gasteiger partial charge in [-0.25, -0.2) is 4.39 Å². The fourth-order valence-corrected chi connectivity index (χ4v) is 3.53. The predicted molar refractivity (Wildman–Crippen MR) is 101 cm³/mol. The first-order valence-corrected chi connectivity index (χ1v) is 8.85. The van der Waals surface area contributed by atoms with Crippen LogP contribution in [-0.4, -0.2) is 22.1 Å². The van der Waals surface area contributed by atoms with Gasteiger partial charge in [-0.15, -0.1) is 0 Å². The quantitative estimate of drug-likeness (QED) is 0.667. The predicted octanol–water partition coefficient (Wildman–Crippen LogP) is 4.19. The molecule has 10 heteroatoms. The van der Waals surface area contributed by atoms with Crippen LogP contribution in [0.15, 0.2) is 29.5 Å². The second-order valence-corrected chi connectivity index (χ2v) is 7.08. The van der Waals surface area contributed by atoms with Crippen LogP contribution in [0.5, 0.6) is 5.75 Å². The molecule has 0 unspecified atom stereocenters. The number of amides is 1. The van der Waals surface area contributed by atoms with Gasteiger partial charge in [0.1, 0.15) is 12.2 Å². The van der Waals surface area contributed by atoms with Crippen molar-refractivity contribution in [3.8, 4) is 5.75 Å². The van der Waals surface area contributed by atoms with Crippen LogP contribution in [0.2, 0.25) is 10.0 Å². The zero-order valence-electron chi connectivity index (χ0n) is 14.2. The Morgan fingerprint density at radius 3 is 2.68 bits per heavy atom. The Hall–Kier alpha value is -2.71. The molecule has 1 aliphatic heterocycles. The van der Waals surface area contributed by atoms with Crippen molar-refractivity contribution in [3.63, 3.8) is 0 Å². The van der Waals surface area contributed by atoms with Gasteiger partial charge in [0.15, 0.2) is 11.6 Å². The molecule has 0 saturated heterocycles. The molecule has 144 valence electrons. The smallest absolute Gasteiger partial charge is 0.261 e. The van der Waals surface area contributed by atoms with Crippen molar-refractivity contribution in [2.75, 3.05) is 11.9 Å². The summed E-state index contributed by atoms with van der Waals surface area (Å²) in [5.74, 6) is -3.56. The Kier molecular flexibility index (Phi) is 4.47. The molecule has 6 nitrogen and oxygen atoms in total. The van der Waals surface area contributed by atoms with Crippen LogP contribution in [0.4, 0.5) is 14.5 Å². The number of halogens is 4. The number of nitrogens with one attached hydrogen (secondary N) is 1. The van der Waals surface area contributed by atoms with Crippen molar-refractivity contribution in [2.24, 2.45) is 0 Å². The Morgan fingerprint density at radius 1 is 1.32 bits per heavy atom. The number of pyridine rings is 2. The van der Waals surface area contributed by atoms with Crippen LogP contribution >= 0.6 is 23.2 Å². The maximum absolute atomic E-state index is 14.1. The molecule has 0 radical (unpaired) electrons. The lowest BCUT2D eigenvalue weighted by Crippen LogP contribution is -2.29. The van der Waals surface area contributed by atoms with Crippen molar-refractivity contribution in [2.45, 2.75) is 13.0 Å². The highest BCUT2D eigenvalue weighted by molar-refractivity contribution is 6.39. The minimum atomic E-state index is -1.24. The highest BCUT2D eigenvalue weighted by atomic mass is 35.5. The standard InChI is InChI=1S/C18H11Cl2F2N3O3/c1-7-6-28-17-13(22)12(21)2-8-15(17)25(7)5-9(16(8)26)18(27)24-14-10(19)3-23-4-11(14)20/h2-5,7H,6H2,1H3,(H,23,24,27)/t7-/m0/s1. The number of rotatable bonds is 2.